The number of Topliss-reactive ketones (excluding diaryl/α,β-unsaturated/α-hetero) is 1. The third-order valence-corrected chi connectivity index (χ3v) is 3.29. The third kappa shape index (κ3) is 1.84. The largest absolute Gasteiger partial charge is 0.383 e. The van der Waals surface area contributed by atoms with Crippen LogP contribution in [0.5, 0.6) is 0 Å². The van der Waals surface area contributed by atoms with E-state index in [4.69, 9.17) is 17.3 Å². The molecule has 1 aliphatic rings. The molecule has 2 rings (SSSR count). The zero-order valence-corrected chi connectivity index (χ0v) is 9.34. The van der Waals surface area contributed by atoms with Crippen LogP contribution in [0.4, 0.5) is 5.82 Å². The molecule has 3 nitrogen and oxygen atoms in total. The zero-order chi connectivity index (χ0) is 11.1. The number of ketones is 1. The molecule has 0 saturated heterocycles. The van der Waals surface area contributed by atoms with Gasteiger partial charge in [-0.25, -0.2) is 4.98 Å². The lowest BCUT2D eigenvalue weighted by Crippen LogP contribution is -2.20. The normalized spacial score (nSPS) is 25.9. The Hall–Kier alpha value is -1.09. The van der Waals surface area contributed by atoms with E-state index in [1.165, 1.54) is 6.20 Å². The molecule has 1 fully saturated rings. The SMILES string of the molecule is CC1(c2cc(Cl)cnc2N)CCC(=O)C1. The van der Waals surface area contributed by atoms with Crippen LogP contribution in [0.15, 0.2) is 12.3 Å². The number of anilines is 1. The standard InChI is InChI=1S/C11H13ClN2O/c1-11(3-2-8(15)5-11)9-4-7(12)6-14-10(9)13/h4,6H,2-3,5H2,1H3,(H2,13,14). The summed E-state index contributed by atoms with van der Waals surface area (Å²) in [6.45, 7) is 2.04. The van der Waals surface area contributed by atoms with Gasteiger partial charge in [0.1, 0.15) is 11.6 Å². The van der Waals surface area contributed by atoms with Gasteiger partial charge >= 0.3 is 0 Å². The van der Waals surface area contributed by atoms with Gasteiger partial charge in [0.25, 0.3) is 0 Å². The second-order valence-electron chi connectivity index (χ2n) is 4.36. The van der Waals surface area contributed by atoms with Crippen molar-refractivity contribution >= 4 is 23.2 Å². The maximum atomic E-state index is 11.3. The van der Waals surface area contributed by atoms with Crippen LogP contribution in [0.1, 0.15) is 31.7 Å². The number of nitrogen functional groups attached to an aromatic ring is 1. The van der Waals surface area contributed by atoms with E-state index in [9.17, 15) is 4.79 Å². The van der Waals surface area contributed by atoms with Gasteiger partial charge in [0.15, 0.2) is 0 Å². The molecule has 1 heterocycles. The average molecular weight is 225 g/mol. The number of pyridine rings is 1. The molecule has 15 heavy (non-hydrogen) atoms. The van der Waals surface area contributed by atoms with Gasteiger partial charge in [-0.15, -0.1) is 0 Å². The Morgan fingerprint density at radius 1 is 1.60 bits per heavy atom. The summed E-state index contributed by atoms with van der Waals surface area (Å²) in [6.07, 6.45) is 3.53. The van der Waals surface area contributed by atoms with Crippen molar-refractivity contribution in [3.05, 3.63) is 22.8 Å². The lowest BCUT2D eigenvalue weighted by molar-refractivity contribution is -0.117. The Morgan fingerprint density at radius 3 is 2.93 bits per heavy atom. The summed E-state index contributed by atoms with van der Waals surface area (Å²) in [6, 6.07) is 1.82. The van der Waals surface area contributed by atoms with Gasteiger partial charge in [-0.05, 0) is 12.5 Å². The second kappa shape index (κ2) is 3.49. The van der Waals surface area contributed by atoms with Crippen molar-refractivity contribution < 1.29 is 4.79 Å². The van der Waals surface area contributed by atoms with Crippen molar-refractivity contribution in [2.75, 3.05) is 5.73 Å². The number of aromatic nitrogens is 1. The molecule has 0 radical (unpaired) electrons. The maximum Gasteiger partial charge on any atom is 0.133 e. The first kappa shape index (κ1) is 10.4. The van der Waals surface area contributed by atoms with E-state index in [0.717, 1.165) is 12.0 Å². The average Bonchev–Trinajstić information content (AvgIpc) is 2.52. The van der Waals surface area contributed by atoms with Crippen LogP contribution in [0.25, 0.3) is 0 Å². The van der Waals surface area contributed by atoms with Crippen molar-refractivity contribution in [2.45, 2.75) is 31.6 Å². The van der Waals surface area contributed by atoms with Gasteiger partial charge in [0.2, 0.25) is 0 Å². The Labute approximate surface area is 93.6 Å². The van der Waals surface area contributed by atoms with E-state index < -0.39 is 0 Å². The van der Waals surface area contributed by atoms with Gasteiger partial charge in [0.05, 0.1) is 5.02 Å². The summed E-state index contributed by atoms with van der Waals surface area (Å²) >= 11 is 5.89. The van der Waals surface area contributed by atoms with Gasteiger partial charge in [-0.2, -0.15) is 0 Å². The molecular formula is C11H13ClN2O. The minimum atomic E-state index is -0.181. The van der Waals surface area contributed by atoms with Crippen LogP contribution in [0, 0.1) is 0 Å². The predicted octanol–water partition coefficient (Wildman–Crippen LogP) is 2.33. The molecule has 1 aromatic rings. The molecule has 1 aliphatic carbocycles. The number of nitrogens with zero attached hydrogens (tertiary/aromatic N) is 1. The number of halogens is 1. The van der Waals surface area contributed by atoms with E-state index >= 15 is 0 Å². The molecule has 0 aromatic carbocycles. The highest BCUT2D eigenvalue weighted by Crippen LogP contribution is 2.41. The topological polar surface area (TPSA) is 56.0 Å². The predicted molar refractivity (Wildman–Crippen MR) is 59.9 cm³/mol. The molecule has 0 spiro atoms. The van der Waals surface area contributed by atoms with Crippen molar-refractivity contribution in [2.24, 2.45) is 0 Å². The highest BCUT2D eigenvalue weighted by Gasteiger charge is 2.37. The fourth-order valence-electron chi connectivity index (χ4n) is 2.19. The van der Waals surface area contributed by atoms with E-state index in [1.807, 2.05) is 13.0 Å². The molecule has 0 bridgehead atoms. The molecule has 2 N–H and O–H groups in total. The van der Waals surface area contributed by atoms with E-state index in [2.05, 4.69) is 4.98 Å². The monoisotopic (exact) mass is 224 g/mol. The fourth-order valence-corrected chi connectivity index (χ4v) is 2.35. The number of carbonyl (C=O) groups is 1. The van der Waals surface area contributed by atoms with E-state index in [-0.39, 0.29) is 11.2 Å². The van der Waals surface area contributed by atoms with Crippen LogP contribution in [-0.4, -0.2) is 10.8 Å². The Balaban J connectivity index is 2.44. The summed E-state index contributed by atoms with van der Waals surface area (Å²) in [7, 11) is 0. The summed E-state index contributed by atoms with van der Waals surface area (Å²) in [5, 5.41) is 0.569. The summed E-state index contributed by atoms with van der Waals surface area (Å²) in [5.41, 5.74) is 6.54. The van der Waals surface area contributed by atoms with Crippen molar-refractivity contribution in [1.29, 1.82) is 0 Å². The van der Waals surface area contributed by atoms with Crippen LogP contribution in [0.3, 0.4) is 0 Å². The van der Waals surface area contributed by atoms with E-state index in [1.54, 1.807) is 0 Å². The Bertz CT molecular complexity index is 419. The van der Waals surface area contributed by atoms with Crippen molar-refractivity contribution in [1.82, 2.24) is 4.98 Å². The number of hydrogen-bond acceptors (Lipinski definition) is 3. The highest BCUT2D eigenvalue weighted by molar-refractivity contribution is 6.30. The highest BCUT2D eigenvalue weighted by atomic mass is 35.5. The summed E-state index contributed by atoms with van der Waals surface area (Å²) < 4.78 is 0. The molecule has 1 atom stereocenters. The smallest absolute Gasteiger partial charge is 0.133 e. The maximum absolute atomic E-state index is 11.3. The van der Waals surface area contributed by atoms with Crippen LogP contribution in [-0.2, 0) is 10.2 Å². The van der Waals surface area contributed by atoms with Gasteiger partial charge < -0.3 is 5.73 Å². The van der Waals surface area contributed by atoms with Gasteiger partial charge in [-0.3, -0.25) is 4.79 Å². The van der Waals surface area contributed by atoms with Gasteiger partial charge in [0, 0.05) is 30.0 Å². The van der Waals surface area contributed by atoms with Crippen molar-refractivity contribution in [3.8, 4) is 0 Å². The zero-order valence-electron chi connectivity index (χ0n) is 8.59. The Kier molecular flexibility index (Phi) is 2.43. The molecule has 1 saturated carbocycles. The van der Waals surface area contributed by atoms with Crippen LogP contribution in [0.2, 0.25) is 5.02 Å². The first-order valence-corrected chi connectivity index (χ1v) is 5.32. The molecule has 1 unspecified atom stereocenters. The number of hydrogen-bond donors (Lipinski definition) is 1. The lowest BCUT2D eigenvalue weighted by atomic mass is 9.81. The van der Waals surface area contributed by atoms with Crippen LogP contribution < -0.4 is 5.73 Å². The minimum Gasteiger partial charge on any atom is -0.383 e. The third-order valence-electron chi connectivity index (χ3n) is 3.08. The molecule has 1 aromatic heterocycles. The Morgan fingerprint density at radius 2 is 2.33 bits per heavy atom. The number of nitrogens with two attached hydrogens (primary N) is 1. The second-order valence-corrected chi connectivity index (χ2v) is 4.80. The lowest BCUT2D eigenvalue weighted by Gasteiger charge is -2.24. The minimum absolute atomic E-state index is 0.181. The summed E-state index contributed by atoms with van der Waals surface area (Å²) in [5.74, 6) is 0.772. The van der Waals surface area contributed by atoms with Crippen LogP contribution >= 0.6 is 11.6 Å². The van der Waals surface area contributed by atoms with Crippen molar-refractivity contribution in [3.63, 3.8) is 0 Å². The summed E-state index contributed by atoms with van der Waals surface area (Å²) in [4.78, 5) is 15.4. The molecule has 80 valence electrons. The number of carbonyl (C=O) groups excluding carboxylic acids is 1. The number of rotatable bonds is 1. The van der Waals surface area contributed by atoms with Gasteiger partial charge in [-0.1, -0.05) is 18.5 Å². The van der Waals surface area contributed by atoms with E-state index in [0.29, 0.717) is 23.7 Å². The fraction of sp³-hybridized carbons (Fsp3) is 0.455. The first-order chi connectivity index (χ1) is 7.01. The molecule has 4 heteroatoms. The molecule has 0 amide bonds. The molecule has 0 aliphatic heterocycles. The molecular weight excluding hydrogens is 212 g/mol. The quantitative estimate of drug-likeness (QED) is 0.797. The first-order valence-electron chi connectivity index (χ1n) is 4.94.